The topological polar surface area (TPSA) is 70.0 Å². The highest BCUT2D eigenvalue weighted by atomic mass is 16.6. The molecule has 1 amide bonds. The normalized spacial score (nSPS) is 20.3. The highest BCUT2D eigenvalue weighted by molar-refractivity contribution is 5.70. The van der Waals surface area contributed by atoms with Gasteiger partial charge in [-0.3, -0.25) is 4.90 Å². The minimum absolute atomic E-state index is 0.200. The highest BCUT2D eigenvalue weighted by Gasteiger charge is 2.34. The summed E-state index contributed by atoms with van der Waals surface area (Å²) in [6.07, 6.45) is -2.98. The van der Waals surface area contributed by atoms with E-state index in [1.54, 1.807) is 0 Å². The minimum Gasteiger partial charge on any atom is -0.439 e. The maximum absolute atomic E-state index is 11.4. The fourth-order valence-corrected chi connectivity index (χ4v) is 1.62. The molecule has 1 aliphatic rings. The van der Waals surface area contributed by atoms with Crippen LogP contribution in [0.15, 0.2) is 30.3 Å². The van der Waals surface area contributed by atoms with Crippen LogP contribution in [0.2, 0.25) is 0 Å². The second-order valence-corrected chi connectivity index (χ2v) is 3.70. The van der Waals surface area contributed by atoms with Crippen LogP contribution < -0.4 is 0 Å². The largest absolute Gasteiger partial charge is 0.439 e. The van der Waals surface area contributed by atoms with Crippen molar-refractivity contribution in [1.82, 2.24) is 4.90 Å². The second kappa shape index (κ2) is 4.51. The average molecular weight is 223 g/mol. The van der Waals surface area contributed by atoms with Gasteiger partial charge in [-0.15, -0.1) is 0 Å². The smallest absolute Gasteiger partial charge is 0.410 e. The predicted molar refractivity (Wildman–Crippen MR) is 55.3 cm³/mol. The van der Waals surface area contributed by atoms with Gasteiger partial charge in [0.05, 0.1) is 6.54 Å². The maximum Gasteiger partial charge on any atom is 0.410 e. The molecule has 86 valence electrons. The van der Waals surface area contributed by atoms with E-state index >= 15 is 0 Å². The number of nitrogens with zero attached hydrogens (tertiary/aromatic N) is 1. The summed E-state index contributed by atoms with van der Waals surface area (Å²) in [5, 5.41) is 17.8. The molecule has 2 N–H and O–H groups in total. The molecule has 0 unspecified atom stereocenters. The first-order valence-electron chi connectivity index (χ1n) is 5.02. The molecule has 1 saturated heterocycles. The average Bonchev–Trinajstić information content (AvgIpc) is 2.62. The molecule has 0 saturated carbocycles. The van der Waals surface area contributed by atoms with Crippen molar-refractivity contribution < 1.29 is 19.7 Å². The molecule has 1 aromatic rings. The van der Waals surface area contributed by atoms with E-state index in [1.807, 2.05) is 30.3 Å². The number of carbonyl (C=O) groups excluding carboxylic acids is 1. The van der Waals surface area contributed by atoms with Crippen molar-refractivity contribution in [2.24, 2.45) is 0 Å². The number of hydrogen-bond acceptors (Lipinski definition) is 4. The van der Waals surface area contributed by atoms with Crippen molar-refractivity contribution in [2.75, 3.05) is 6.54 Å². The number of amides is 1. The third kappa shape index (κ3) is 2.32. The summed E-state index contributed by atoms with van der Waals surface area (Å²) >= 11 is 0. The fraction of sp³-hybridized carbons (Fsp3) is 0.364. The van der Waals surface area contributed by atoms with Gasteiger partial charge in [-0.05, 0) is 5.56 Å². The quantitative estimate of drug-likeness (QED) is 0.724. The highest BCUT2D eigenvalue weighted by Crippen LogP contribution is 2.16. The molecule has 16 heavy (non-hydrogen) atoms. The van der Waals surface area contributed by atoms with Crippen LogP contribution in [0.25, 0.3) is 0 Å². The standard InChI is InChI=1S/C11H13NO4/c13-10(14)9-7-12(11(15)16-9)6-8-4-2-1-3-5-8/h1-5,9-10,13-14H,6-7H2/t9-/m1/s1. The van der Waals surface area contributed by atoms with Gasteiger partial charge in [0.1, 0.15) is 0 Å². The van der Waals surface area contributed by atoms with Crippen LogP contribution in [0.3, 0.4) is 0 Å². The molecule has 0 spiro atoms. The SMILES string of the molecule is O=C1O[C@@H](C(O)O)CN1Cc1ccccc1. The summed E-state index contributed by atoms with van der Waals surface area (Å²) in [7, 11) is 0. The van der Waals surface area contributed by atoms with E-state index in [4.69, 9.17) is 14.9 Å². The van der Waals surface area contributed by atoms with Crippen molar-refractivity contribution >= 4 is 6.09 Å². The number of cyclic esters (lactones) is 1. The van der Waals surface area contributed by atoms with Crippen molar-refractivity contribution in [3.63, 3.8) is 0 Å². The van der Waals surface area contributed by atoms with Crippen LogP contribution in [0.1, 0.15) is 5.56 Å². The van der Waals surface area contributed by atoms with Gasteiger partial charge in [0.25, 0.3) is 0 Å². The molecule has 0 radical (unpaired) electrons. The molecule has 0 aromatic heterocycles. The molecular weight excluding hydrogens is 210 g/mol. The van der Waals surface area contributed by atoms with Gasteiger partial charge in [0.15, 0.2) is 12.4 Å². The monoisotopic (exact) mass is 223 g/mol. The van der Waals surface area contributed by atoms with Gasteiger partial charge in [0.2, 0.25) is 0 Å². The first kappa shape index (κ1) is 10.9. The predicted octanol–water partition coefficient (Wildman–Crippen LogP) is 0.318. The van der Waals surface area contributed by atoms with E-state index in [9.17, 15) is 4.79 Å². The van der Waals surface area contributed by atoms with Crippen LogP contribution in [-0.4, -0.2) is 40.1 Å². The van der Waals surface area contributed by atoms with Gasteiger partial charge in [0, 0.05) is 6.54 Å². The molecule has 1 fully saturated rings. The lowest BCUT2D eigenvalue weighted by atomic mass is 10.2. The Morgan fingerprint density at radius 1 is 1.38 bits per heavy atom. The number of aliphatic hydroxyl groups excluding tert-OH is 1. The Labute approximate surface area is 92.9 Å². The van der Waals surface area contributed by atoms with Gasteiger partial charge < -0.3 is 14.9 Å². The van der Waals surface area contributed by atoms with E-state index < -0.39 is 18.5 Å². The lowest BCUT2D eigenvalue weighted by Crippen LogP contribution is -2.30. The molecular formula is C11H13NO4. The molecule has 1 heterocycles. The summed E-state index contributed by atoms with van der Waals surface area (Å²) in [4.78, 5) is 12.8. The van der Waals surface area contributed by atoms with E-state index in [2.05, 4.69) is 0 Å². The zero-order valence-corrected chi connectivity index (χ0v) is 8.61. The lowest BCUT2D eigenvalue weighted by Gasteiger charge is -2.13. The number of ether oxygens (including phenoxy) is 1. The van der Waals surface area contributed by atoms with Crippen LogP contribution in [0.4, 0.5) is 4.79 Å². The third-order valence-electron chi connectivity index (χ3n) is 2.46. The Kier molecular flexibility index (Phi) is 3.07. The van der Waals surface area contributed by atoms with Crippen molar-refractivity contribution in [3.8, 4) is 0 Å². The molecule has 0 aliphatic carbocycles. The Hall–Kier alpha value is -1.59. The summed E-state index contributed by atoms with van der Waals surface area (Å²) in [5.41, 5.74) is 0.979. The molecule has 5 heteroatoms. The van der Waals surface area contributed by atoms with Crippen LogP contribution in [0, 0.1) is 0 Å². The zero-order valence-electron chi connectivity index (χ0n) is 8.61. The molecule has 2 rings (SSSR count). The van der Waals surface area contributed by atoms with Gasteiger partial charge in [-0.25, -0.2) is 4.79 Å². The van der Waals surface area contributed by atoms with Crippen LogP contribution in [0.5, 0.6) is 0 Å². The van der Waals surface area contributed by atoms with E-state index in [0.29, 0.717) is 6.54 Å². The Morgan fingerprint density at radius 3 is 2.62 bits per heavy atom. The molecule has 5 nitrogen and oxygen atoms in total. The van der Waals surface area contributed by atoms with Gasteiger partial charge >= 0.3 is 6.09 Å². The van der Waals surface area contributed by atoms with Crippen LogP contribution >= 0.6 is 0 Å². The Bertz CT molecular complexity index is 366. The lowest BCUT2D eigenvalue weighted by molar-refractivity contribution is -0.109. The van der Waals surface area contributed by atoms with E-state index in [0.717, 1.165) is 5.56 Å². The van der Waals surface area contributed by atoms with E-state index in [-0.39, 0.29) is 6.54 Å². The first-order valence-corrected chi connectivity index (χ1v) is 5.02. The fourth-order valence-electron chi connectivity index (χ4n) is 1.62. The summed E-state index contributed by atoms with van der Waals surface area (Å²) < 4.78 is 4.79. The van der Waals surface area contributed by atoms with Crippen molar-refractivity contribution in [1.29, 1.82) is 0 Å². The van der Waals surface area contributed by atoms with Gasteiger partial charge in [-0.2, -0.15) is 0 Å². The van der Waals surface area contributed by atoms with E-state index in [1.165, 1.54) is 4.90 Å². The number of aliphatic hydroxyl groups is 2. The second-order valence-electron chi connectivity index (χ2n) is 3.70. The molecule has 1 aromatic carbocycles. The molecule has 0 bridgehead atoms. The Balaban J connectivity index is 1.99. The van der Waals surface area contributed by atoms with Crippen LogP contribution in [-0.2, 0) is 11.3 Å². The number of carbonyl (C=O) groups is 1. The van der Waals surface area contributed by atoms with Crippen molar-refractivity contribution in [3.05, 3.63) is 35.9 Å². The molecule has 1 atom stereocenters. The zero-order chi connectivity index (χ0) is 11.5. The number of benzene rings is 1. The molecule has 1 aliphatic heterocycles. The number of hydrogen-bond donors (Lipinski definition) is 2. The summed E-state index contributed by atoms with van der Waals surface area (Å²) in [5.74, 6) is 0. The minimum atomic E-state index is -1.62. The first-order chi connectivity index (χ1) is 7.66. The maximum atomic E-state index is 11.4. The summed E-state index contributed by atoms with van der Waals surface area (Å²) in [6.45, 7) is 0.619. The van der Waals surface area contributed by atoms with Gasteiger partial charge in [-0.1, -0.05) is 30.3 Å². The third-order valence-corrected chi connectivity index (χ3v) is 2.46. The Morgan fingerprint density at radius 2 is 2.06 bits per heavy atom. The summed E-state index contributed by atoms with van der Waals surface area (Å²) in [6, 6.07) is 9.46. The van der Waals surface area contributed by atoms with Crippen molar-refractivity contribution in [2.45, 2.75) is 18.9 Å². The number of rotatable bonds is 3.